The van der Waals surface area contributed by atoms with E-state index in [9.17, 15) is 4.79 Å². The van der Waals surface area contributed by atoms with Crippen molar-refractivity contribution in [3.8, 4) is 5.88 Å². The molecule has 0 aliphatic carbocycles. The summed E-state index contributed by atoms with van der Waals surface area (Å²) in [6.07, 6.45) is 0.613. The highest BCUT2D eigenvalue weighted by molar-refractivity contribution is 9.10. The highest BCUT2D eigenvalue weighted by Gasteiger charge is 2.33. The fourth-order valence-electron chi connectivity index (χ4n) is 3.45. The Bertz CT molecular complexity index is 1000. The molecule has 1 aliphatic heterocycles. The number of pyridine rings is 1. The number of esters is 1. The number of carbonyl (C=O) groups is 1. The zero-order valence-electron chi connectivity index (χ0n) is 15.0. The van der Waals surface area contributed by atoms with E-state index in [1.807, 2.05) is 12.1 Å². The molecule has 7 nitrogen and oxygen atoms in total. The molecule has 0 bridgehead atoms. The Morgan fingerprint density at radius 2 is 2.11 bits per heavy atom. The molecule has 3 aromatic rings. The van der Waals surface area contributed by atoms with Crippen LogP contribution in [0.2, 0.25) is 0 Å². The maximum atomic E-state index is 12.4. The minimum atomic E-state index is -0.348. The van der Waals surface area contributed by atoms with Crippen molar-refractivity contribution in [2.24, 2.45) is 0 Å². The van der Waals surface area contributed by atoms with Crippen LogP contribution in [-0.4, -0.2) is 46.1 Å². The van der Waals surface area contributed by atoms with Crippen LogP contribution in [0.4, 0.5) is 0 Å². The molecule has 1 unspecified atom stereocenters. The van der Waals surface area contributed by atoms with Gasteiger partial charge in [0.05, 0.1) is 26.3 Å². The minimum absolute atomic E-state index is 0.237. The van der Waals surface area contributed by atoms with Gasteiger partial charge >= 0.3 is 5.97 Å². The van der Waals surface area contributed by atoms with E-state index in [1.54, 1.807) is 13.2 Å². The van der Waals surface area contributed by atoms with Crippen molar-refractivity contribution in [3.05, 3.63) is 51.8 Å². The molecule has 27 heavy (non-hydrogen) atoms. The van der Waals surface area contributed by atoms with Crippen LogP contribution in [-0.2, 0) is 29.0 Å². The maximum absolute atomic E-state index is 12.4. The zero-order chi connectivity index (χ0) is 19.0. The summed E-state index contributed by atoms with van der Waals surface area (Å²) < 4.78 is 11.2. The molecule has 3 heterocycles. The number of benzene rings is 1. The Labute approximate surface area is 164 Å². The van der Waals surface area contributed by atoms with E-state index in [-0.39, 0.29) is 12.0 Å². The predicted octanol–water partition coefficient (Wildman–Crippen LogP) is 2.83. The van der Waals surface area contributed by atoms with Crippen LogP contribution >= 0.6 is 15.9 Å². The summed E-state index contributed by atoms with van der Waals surface area (Å²) >= 11 is 3.52. The lowest BCUT2D eigenvalue weighted by Crippen LogP contribution is -2.45. The van der Waals surface area contributed by atoms with Crippen LogP contribution in [0.15, 0.2) is 34.8 Å². The van der Waals surface area contributed by atoms with E-state index < -0.39 is 0 Å². The zero-order valence-corrected chi connectivity index (χ0v) is 16.6. The van der Waals surface area contributed by atoms with Crippen LogP contribution in [0.25, 0.3) is 11.2 Å². The summed E-state index contributed by atoms with van der Waals surface area (Å²) in [6, 6.07) is 9.49. The fraction of sp³-hybridized carbons (Fsp3) is 0.316. The second kappa shape index (κ2) is 7.28. The lowest BCUT2D eigenvalue weighted by molar-refractivity contribution is -0.148. The molecular weight excluding hydrogens is 412 g/mol. The van der Waals surface area contributed by atoms with Gasteiger partial charge in [0.2, 0.25) is 5.88 Å². The lowest BCUT2D eigenvalue weighted by Gasteiger charge is -2.34. The number of methoxy groups -OCH3 is 2. The highest BCUT2D eigenvalue weighted by atomic mass is 79.9. The van der Waals surface area contributed by atoms with Gasteiger partial charge in [-0.1, -0.05) is 22.0 Å². The van der Waals surface area contributed by atoms with Gasteiger partial charge in [0.25, 0.3) is 0 Å². The van der Waals surface area contributed by atoms with Crippen molar-refractivity contribution in [1.82, 2.24) is 19.9 Å². The van der Waals surface area contributed by atoms with Gasteiger partial charge in [-0.2, -0.15) is 4.98 Å². The maximum Gasteiger partial charge on any atom is 0.323 e. The molecule has 4 rings (SSSR count). The Hall–Kier alpha value is -2.45. The molecule has 1 aromatic carbocycles. The van der Waals surface area contributed by atoms with Crippen LogP contribution in [0.1, 0.15) is 17.0 Å². The number of fused-ring (bicyclic) bond motifs is 2. The average molecular weight is 431 g/mol. The Kier molecular flexibility index (Phi) is 4.84. The Balaban J connectivity index is 1.64. The number of imidazole rings is 1. The predicted molar refractivity (Wildman–Crippen MR) is 103 cm³/mol. The first-order valence-corrected chi connectivity index (χ1v) is 9.35. The Morgan fingerprint density at radius 1 is 1.26 bits per heavy atom. The van der Waals surface area contributed by atoms with Crippen molar-refractivity contribution in [2.45, 2.75) is 25.6 Å². The summed E-state index contributed by atoms with van der Waals surface area (Å²) in [5.41, 5.74) is 3.79. The van der Waals surface area contributed by atoms with Gasteiger partial charge in [-0.3, -0.25) is 9.69 Å². The molecular formula is C19H19BrN4O3. The van der Waals surface area contributed by atoms with E-state index in [4.69, 9.17) is 9.47 Å². The van der Waals surface area contributed by atoms with E-state index in [2.05, 4.69) is 47.9 Å². The van der Waals surface area contributed by atoms with Gasteiger partial charge in [-0.15, -0.1) is 0 Å². The molecule has 2 aromatic heterocycles. The molecule has 1 aliphatic rings. The SMILES string of the molecule is COC(=O)C1Cc2ccc(Br)cc2CN1Cc1nc2nc(OC)ccc2[nH]1. The second-order valence-electron chi connectivity index (χ2n) is 6.47. The van der Waals surface area contributed by atoms with Gasteiger partial charge in [0, 0.05) is 17.1 Å². The lowest BCUT2D eigenvalue weighted by atomic mass is 9.94. The average Bonchev–Trinajstić information content (AvgIpc) is 3.08. The summed E-state index contributed by atoms with van der Waals surface area (Å²) in [7, 11) is 3.00. The standard InChI is InChI=1S/C19H19BrN4O3/c1-26-17-6-5-14-18(23-17)22-16(21-14)10-24-9-12-7-13(20)4-3-11(12)8-15(24)19(25)27-2/h3-7,15H,8-10H2,1-2H3,(H,21,22,23). The fourth-order valence-corrected chi connectivity index (χ4v) is 3.86. The largest absolute Gasteiger partial charge is 0.481 e. The quantitative estimate of drug-likeness (QED) is 0.640. The smallest absolute Gasteiger partial charge is 0.323 e. The van der Waals surface area contributed by atoms with Crippen molar-refractivity contribution in [3.63, 3.8) is 0 Å². The number of halogens is 1. The summed E-state index contributed by atoms with van der Waals surface area (Å²) in [5.74, 6) is 1.03. The summed E-state index contributed by atoms with van der Waals surface area (Å²) in [5, 5.41) is 0. The molecule has 1 atom stereocenters. The molecule has 0 amide bonds. The van der Waals surface area contributed by atoms with Crippen LogP contribution in [0, 0.1) is 0 Å². The number of hydrogen-bond acceptors (Lipinski definition) is 6. The molecule has 0 spiro atoms. The second-order valence-corrected chi connectivity index (χ2v) is 7.39. The number of nitrogens with one attached hydrogen (secondary N) is 1. The number of hydrogen-bond donors (Lipinski definition) is 1. The van der Waals surface area contributed by atoms with E-state index in [0.717, 1.165) is 15.8 Å². The van der Waals surface area contributed by atoms with Gasteiger partial charge in [-0.05, 0) is 35.7 Å². The normalized spacial score (nSPS) is 16.9. The molecule has 0 radical (unpaired) electrons. The summed E-state index contributed by atoms with van der Waals surface area (Å²) in [4.78, 5) is 26.6. The number of aromatic nitrogens is 3. The van der Waals surface area contributed by atoms with Crippen LogP contribution in [0.3, 0.4) is 0 Å². The highest BCUT2D eigenvalue weighted by Crippen LogP contribution is 2.28. The molecule has 8 heteroatoms. The number of aromatic amines is 1. The molecule has 140 valence electrons. The van der Waals surface area contributed by atoms with Gasteiger partial charge in [0.15, 0.2) is 5.65 Å². The van der Waals surface area contributed by atoms with Crippen molar-refractivity contribution < 1.29 is 14.3 Å². The number of H-pyrrole nitrogens is 1. The molecule has 0 saturated heterocycles. The molecule has 0 fully saturated rings. The van der Waals surface area contributed by atoms with Crippen LogP contribution in [0.5, 0.6) is 5.88 Å². The third-order valence-corrected chi connectivity index (χ3v) is 5.29. The number of rotatable bonds is 4. The van der Waals surface area contributed by atoms with Crippen molar-refractivity contribution >= 4 is 33.1 Å². The first kappa shape index (κ1) is 17.9. The van der Waals surface area contributed by atoms with E-state index in [1.165, 1.54) is 18.2 Å². The van der Waals surface area contributed by atoms with Crippen molar-refractivity contribution in [1.29, 1.82) is 0 Å². The Morgan fingerprint density at radius 3 is 2.89 bits per heavy atom. The van der Waals surface area contributed by atoms with Crippen molar-refractivity contribution in [2.75, 3.05) is 14.2 Å². The van der Waals surface area contributed by atoms with Crippen LogP contribution < -0.4 is 4.74 Å². The topological polar surface area (TPSA) is 80.3 Å². The molecule has 0 saturated carbocycles. The third kappa shape index (κ3) is 3.54. The first-order valence-electron chi connectivity index (χ1n) is 8.56. The number of ether oxygens (including phenoxy) is 2. The van der Waals surface area contributed by atoms with Gasteiger partial charge in [-0.25, -0.2) is 4.98 Å². The van der Waals surface area contributed by atoms with Gasteiger partial charge in [0.1, 0.15) is 11.9 Å². The monoisotopic (exact) mass is 430 g/mol. The number of carbonyl (C=O) groups excluding carboxylic acids is 1. The first-order chi connectivity index (χ1) is 13.1. The van der Waals surface area contributed by atoms with E-state index in [0.29, 0.717) is 31.0 Å². The van der Waals surface area contributed by atoms with E-state index >= 15 is 0 Å². The number of nitrogens with zero attached hydrogens (tertiary/aromatic N) is 3. The van der Waals surface area contributed by atoms with Gasteiger partial charge < -0.3 is 14.5 Å². The summed E-state index contributed by atoms with van der Waals surface area (Å²) in [6.45, 7) is 1.13. The minimum Gasteiger partial charge on any atom is -0.481 e. The molecule has 1 N–H and O–H groups in total. The third-order valence-electron chi connectivity index (χ3n) is 4.80.